The van der Waals surface area contributed by atoms with E-state index in [1.54, 1.807) is 0 Å². The first-order valence-corrected chi connectivity index (χ1v) is 5.76. The Balaban J connectivity index is 2.75. The Morgan fingerprint density at radius 3 is 2.45 bits per heavy atom. The van der Waals surface area contributed by atoms with Gasteiger partial charge in [0, 0.05) is 12.7 Å². The molecular weight excluding hydrogens is 277 g/mol. The largest absolute Gasteiger partial charge is 0.481 e. The van der Waals surface area contributed by atoms with E-state index in [0.717, 1.165) is 10.8 Å². The predicted molar refractivity (Wildman–Crippen MR) is 64.2 cm³/mol. The Bertz CT molecular complexity index is 506. The van der Waals surface area contributed by atoms with Crippen LogP contribution < -0.4 is 5.32 Å². The molecule has 5 nitrogen and oxygen atoms in total. The van der Waals surface area contributed by atoms with Crippen LogP contribution in [-0.4, -0.2) is 34.3 Å². The van der Waals surface area contributed by atoms with Gasteiger partial charge in [-0.3, -0.25) is 9.59 Å². The van der Waals surface area contributed by atoms with E-state index in [9.17, 15) is 22.8 Å². The minimum Gasteiger partial charge on any atom is -0.481 e. The molecule has 0 atom stereocenters. The molecule has 2 N–H and O–H groups in total. The van der Waals surface area contributed by atoms with Gasteiger partial charge in [0.15, 0.2) is 0 Å². The van der Waals surface area contributed by atoms with Gasteiger partial charge in [0.25, 0.3) is 5.91 Å². The van der Waals surface area contributed by atoms with Crippen LogP contribution in [0, 0.1) is 5.41 Å². The van der Waals surface area contributed by atoms with E-state index in [0.29, 0.717) is 0 Å². The van der Waals surface area contributed by atoms with E-state index >= 15 is 0 Å². The maximum Gasteiger partial charge on any atom is 0.406 e. The van der Waals surface area contributed by atoms with Gasteiger partial charge >= 0.3 is 12.1 Å². The number of hydrogen-bond donors (Lipinski definition) is 2. The second kappa shape index (κ2) is 5.56. The first-order chi connectivity index (χ1) is 9.03. The second-order valence-corrected chi connectivity index (χ2v) is 5.01. The van der Waals surface area contributed by atoms with Gasteiger partial charge in [-0.2, -0.15) is 13.2 Å². The van der Waals surface area contributed by atoms with Crippen molar-refractivity contribution in [1.82, 2.24) is 9.88 Å². The molecule has 1 aromatic rings. The Hall–Kier alpha value is -1.99. The zero-order valence-electron chi connectivity index (χ0n) is 11.0. The molecule has 1 aromatic heterocycles. The Labute approximate surface area is 113 Å². The fourth-order valence-corrected chi connectivity index (χ4v) is 1.42. The van der Waals surface area contributed by atoms with Gasteiger partial charge in [0.1, 0.15) is 12.2 Å². The van der Waals surface area contributed by atoms with Crippen molar-refractivity contribution in [1.29, 1.82) is 0 Å². The summed E-state index contributed by atoms with van der Waals surface area (Å²) >= 11 is 0. The molecule has 112 valence electrons. The molecular formula is C12H15F3N2O3. The number of aromatic nitrogens is 1. The van der Waals surface area contributed by atoms with Crippen molar-refractivity contribution < 1.29 is 27.9 Å². The molecule has 0 spiro atoms. The summed E-state index contributed by atoms with van der Waals surface area (Å²) < 4.78 is 37.7. The number of carboxylic acid groups (broad SMARTS) is 1. The first kappa shape index (κ1) is 16.1. The molecule has 1 rings (SSSR count). The third-order valence-electron chi connectivity index (χ3n) is 2.68. The van der Waals surface area contributed by atoms with Gasteiger partial charge in [-0.25, -0.2) is 0 Å². The summed E-state index contributed by atoms with van der Waals surface area (Å²) in [6.07, 6.45) is -3.29. The number of carboxylic acids is 1. The highest BCUT2D eigenvalue weighted by molar-refractivity contribution is 5.93. The highest BCUT2D eigenvalue weighted by Gasteiger charge is 2.31. The molecule has 8 heteroatoms. The summed E-state index contributed by atoms with van der Waals surface area (Å²) in [5.74, 6) is -1.85. The van der Waals surface area contributed by atoms with E-state index in [2.05, 4.69) is 5.32 Å². The summed E-state index contributed by atoms with van der Waals surface area (Å²) in [7, 11) is 0. The van der Waals surface area contributed by atoms with Gasteiger partial charge in [-0.05, 0) is 26.0 Å². The van der Waals surface area contributed by atoms with Crippen molar-refractivity contribution in [2.45, 2.75) is 26.6 Å². The van der Waals surface area contributed by atoms with Crippen molar-refractivity contribution in [2.75, 3.05) is 6.54 Å². The second-order valence-electron chi connectivity index (χ2n) is 5.01. The van der Waals surface area contributed by atoms with Crippen molar-refractivity contribution in [2.24, 2.45) is 5.41 Å². The third-order valence-corrected chi connectivity index (χ3v) is 2.68. The van der Waals surface area contributed by atoms with Crippen LogP contribution in [0.25, 0.3) is 0 Å². The number of hydrogen-bond acceptors (Lipinski definition) is 2. The average Bonchev–Trinajstić information content (AvgIpc) is 2.71. The number of carbonyl (C=O) groups is 2. The van der Waals surface area contributed by atoms with Crippen LogP contribution in [0.2, 0.25) is 0 Å². The monoisotopic (exact) mass is 292 g/mol. The topological polar surface area (TPSA) is 71.3 Å². The minimum absolute atomic E-state index is 0.163. The Morgan fingerprint density at radius 1 is 1.35 bits per heavy atom. The molecule has 0 unspecified atom stereocenters. The maximum absolute atomic E-state index is 12.3. The number of amides is 1. The number of halogens is 3. The number of carbonyl (C=O) groups excluding carboxylic acids is 1. The number of nitrogens with one attached hydrogen (secondary N) is 1. The highest BCUT2D eigenvalue weighted by Crippen LogP contribution is 2.19. The zero-order valence-corrected chi connectivity index (χ0v) is 11.0. The van der Waals surface area contributed by atoms with Crippen molar-refractivity contribution >= 4 is 11.9 Å². The Morgan fingerprint density at radius 2 is 1.95 bits per heavy atom. The van der Waals surface area contributed by atoms with E-state index in [1.807, 2.05) is 0 Å². The fraction of sp³-hybridized carbons (Fsp3) is 0.500. The lowest BCUT2D eigenvalue weighted by atomic mass is 9.94. The summed E-state index contributed by atoms with van der Waals surface area (Å²) in [5.41, 5.74) is -1.36. The van der Waals surface area contributed by atoms with Gasteiger partial charge in [0.2, 0.25) is 0 Å². The van der Waals surface area contributed by atoms with Gasteiger partial charge in [-0.15, -0.1) is 0 Å². The number of aliphatic carboxylic acids is 1. The molecule has 1 heterocycles. The lowest BCUT2D eigenvalue weighted by Gasteiger charge is -2.20. The van der Waals surface area contributed by atoms with E-state index in [4.69, 9.17) is 5.11 Å². The van der Waals surface area contributed by atoms with Gasteiger partial charge < -0.3 is 15.0 Å². The lowest BCUT2D eigenvalue weighted by Crippen LogP contribution is -2.39. The molecule has 0 aromatic carbocycles. The van der Waals surface area contributed by atoms with Crippen LogP contribution in [-0.2, 0) is 11.3 Å². The van der Waals surface area contributed by atoms with Gasteiger partial charge in [-0.1, -0.05) is 0 Å². The van der Waals surface area contributed by atoms with Crippen LogP contribution >= 0.6 is 0 Å². The molecule has 0 radical (unpaired) electrons. The first-order valence-electron chi connectivity index (χ1n) is 5.76. The van der Waals surface area contributed by atoms with Crippen molar-refractivity contribution in [3.8, 4) is 0 Å². The summed E-state index contributed by atoms with van der Waals surface area (Å²) in [5, 5.41) is 11.2. The van der Waals surface area contributed by atoms with E-state index in [1.165, 1.54) is 26.0 Å². The molecule has 0 aliphatic carbocycles. The van der Waals surface area contributed by atoms with Crippen molar-refractivity contribution in [3.05, 3.63) is 24.0 Å². The van der Waals surface area contributed by atoms with Crippen LogP contribution in [0.4, 0.5) is 13.2 Å². The highest BCUT2D eigenvalue weighted by atomic mass is 19.4. The fourth-order valence-electron chi connectivity index (χ4n) is 1.42. The van der Waals surface area contributed by atoms with E-state index < -0.39 is 30.0 Å². The van der Waals surface area contributed by atoms with Gasteiger partial charge in [0.05, 0.1) is 5.41 Å². The molecule has 0 saturated heterocycles. The zero-order chi connectivity index (χ0) is 15.6. The molecule has 1 amide bonds. The van der Waals surface area contributed by atoms with E-state index in [-0.39, 0.29) is 12.2 Å². The summed E-state index contributed by atoms with van der Waals surface area (Å²) in [6, 6.07) is 2.57. The normalized spacial score (nSPS) is 12.2. The summed E-state index contributed by atoms with van der Waals surface area (Å²) in [4.78, 5) is 22.7. The molecule has 0 aliphatic heterocycles. The standard InChI is InChI=1S/C12H15F3N2O3/c1-11(2,10(19)20)6-16-9(18)8-4-3-5-17(8)7-12(13,14)15/h3-5H,6-7H2,1-2H3,(H,16,18)(H,19,20). The summed E-state index contributed by atoms with van der Waals surface area (Å²) in [6.45, 7) is 1.36. The maximum atomic E-state index is 12.3. The smallest absolute Gasteiger partial charge is 0.406 e. The number of alkyl halides is 3. The van der Waals surface area contributed by atoms with Crippen LogP contribution in [0.3, 0.4) is 0 Å². The number of rotatable bonds is 5. The molecule has 0 aliphatic rings. The lowest BCUT2D eigenvalue weighted by molar-refractivity contribution is -0.146. The molecule has 0 fully saturated rings. The molecule has 0 saturated carbocycles. The minimum atomic E-state index is -4.44. The van der Waals surface area contributed by atoms with Crippen LogP contribution in [0.15, 0.2) is 18.3 Å². The predicted octanol–water partition coefficient (Wildman–Crippen LogP) is 1.89. The third kappa shape index (κ3) is 4.29. The van der Waals surface area contributed by atoms with Crippen LogP contribution in [0.5, 0.6) is 0 Å². The average molecular weight is 292 g/mol. The number of nitrogens with zero attached hydrogens (tertiary/aromatic N) is 1. The molecule has 20 heavy (non-hydrogen) atoms. The quantitative estimate of drug-likeness (QED) is 0.870. The Kier molecular flexibility index (Phi) is 4.46. The van der Waals surface area contributed by atoms with Crippen LogP contribution in [0.1, 0.15) is 24.3 Å². The molecule has 0 bridgehead atoms. The van der Waals surface area contributed by atoms with Crippen molar-refractivity contribution in [3.63, 3.8) is 0 Å². The SMILES string of the molecule is CC(C)(CNC(=O)c1cccn1CC(F)(F)F)C(=O)O.